The lowest BCUT2D eigenvalue weighted by Gasteiger charge is -2.29. The number of aryl methyl sites for hydroxylation is 1. The lowest BCUT2D eigenvalue weighted by molar-refractivity contribution is 0.413. The number of hydrogen-bond donors (Lipinski definition) is 2. The number of rotatable bonds is 3. The van der Waals surface area contributed by atoms with Crippen molar-refractivity contribution in [3.05, 3.63) is 65.2 Å². The Balaban J connectivity index is 1.80. The van der Waals surface area contributed by atoms with Gasteiger partial charge < -0.3 is 10.4 Å². The van der Waals surface area contributed by atoms with Crippen LogP contribution >= 0.6 is 0 Å². The van der Waals surface area contributed by atoms with Gasteiger partial charge in [-0.3, -0.25) is 0 Å². The van der Waals surface area contributed by atoms with E-state index in [2.05, 4.69) is 48.6 Å². The van der Waals surface area contributed by atoms with Gasteiger partial charge in [-0.25, -0.2) is 0 Å². The van der Waals surface area contributed by atoms with Crippen molar-refractivity contribution < 1.29 is 5.11 Å². The zero-order chi connectivity index (χ0) is 13.9. The second-order valence-electron chi connectivity index (χ2n) is 5.63. The lowest BCUT2D eigenvalue weighted by Crippen LogP contribution is -2.27. The van der Waals surface area contributed by atoms with Crippen LogP contribution in [0.5, 0.6) is 5.75 Å². The standard InChI is InChI=1S/C18H21NO/c1-13(14-6-3-2-4-7-14)19-18-9-5-8-15-12-16(20)10-11-17(15)18/h2-4,6-7,10-13,18-20H,5,8-9H2,1H3/t13-,18?/m0/s1. The topological polar surface area (TPSA) is 32.3 Å². The summed E-state index contributed by atoms with van der Waals surface area (Å²) < 4.78 is 0. The molecule has 2 aromatic carbocycles. The van der Waals surface area contributed by atoms with Crippen LogP contribution < -0.4 is 5.32 Å². The molecule has 1 unspecified atom stereocenters. The fourth-order valence-electron chi connectivity index (χ4n) is 3.11. The van der Waals surface area contributed by atoms with Crippen molar-refractivity contribution in [3.8, 4) is 5.75 Å². The summed E-state index contributed by atoms with van der Waals surface area (Å²) in [4.78, 5) is 0. The first-order valence-corrected chi connectivity index (χ1v) is 7.37. The number of nitrogens with one attached hydrogen (secondary N) is 1. The zero-order valence-corrected chi connectivity index (χ0v) is 11.8. The van der Waals surface area contributed by atoms with Crippen molar-refractivity contribution in [2.24, 2.45) is 0 Å². The molecule has 2 atom stereocenters. The Kier molecular flexibility index (Phi) is 3.75. The molecule has 0 bridgehead atoms. The van der Waals surface area contributed by atoms with Crippen molar-refractivity contribution in [2.75, 3.05) is 0 Å². The van der Waals surface area contributed by atoms with Crippen LogP contribution in [0.15, 0.2) is 48.5 Å². The Labute approximate surface area is 120 Å². The third-order valence-corrected chi connectivity index (χ3v) is 4.19. The molecule has 0 fully saturated rings. The molecule has 0 aliphatic heterocycles. The molecule has 1 aliphatic rings. The van der Waals surface area contributed by atoms with Crippen LogP contribution in [0, 0.1) is 0 Å². The molecule has 0 amide bonds. The first kappa shape index (κ1) is 13.2. The first-order valence-electron chi connectivity index (χ1n) is 7.37. The highest BCUT2D eigenvalue weighted by atomic mass is 16.3. The summed E-state index contributed by atoms with van der Waals surface area (Å²) in [5.41, 5.74) is 3.95. The summed E-state index contributed by atoms with van der Waals surface area (Å²) in [6.45, 7) is 2.21. The van der Waals surface area contributed by atoms with Crippen LogP contribution in [0.1, 0.15) is 48.5 Å². The van der Waals surface area contributed by atoms with Crippen molar-refractivity contribution >= 4 is 0 Å². The summed E-state index contributed by atoms with van der Waals surface area (Å²) in [5.74, 6) is 0.375. The quantitative estimate of drug-likeness (QED) is 0.876. The van der Waals surface area contributed by atoms with Gasteiger partial charge in [-0.2, -0.15) is 0 Å². The minimum atomic E-state index is 0.334. The normalized spacial score (nSPS) is 19.4. The Morgan fingerprint density at radius 3 is 2.75 bits per heavy atom. The maximum atomic E-state index is 9.61. The van der Waals surface area contributed by atoms with Crippen LogP contribution in [-0.4, -0.2) is 5.11 Å². The van der Waals surface area contributed by atoms with Crippen molar-refractivity contribution in [3.63, 3.8) is 0 Å². The highest BCUT2D eigenvalue weighted by molar-refractivity contribution is 5.38. The molecule has 2 aromatic rings. The van der Waals surface area contributed by atoms with Crippen LogP contribution in [0.4, 0.5) is 0 Å². The molecule has 0 spiro atoms. The van der Waals surface area contributed by atoms with E-state index in [1.54, 1.807) is 6.07 Å². The maximum Gasteiger partial charge on any atom is 0.115 e. The van der Waals surface area contributed by atoms with Gasteiger partial charge in [0.25, 0.3) is 0 Å². The number of hydrogen-bond acceptors (Lipinski definition) is 2. The second-order valence-corrected chi connectivity index (χ2v) is 5.63. The summed E-state index contributed by atoms with van der Waals surface area (Å²) in [5, 5.41) is 13.3. The molecule has 0 saturated heterocycles. The number of benzene rings is 2. The Morgan fingerprint density at radius 2 is 1.95 bits per heavy atom. The van der Waals surface area contributed by atoms with Crippen LogP contribution in [0.25, 0.3) is 0 Å². The highest BCUT2D eigenvalue weighted by Gasteiger charge is 2.22. The molecule has 0 aromatic heterocycles. The van der Waals surface area contributed by atoms with Gasteiger partial charge >= 0.3 is 0 Å². The van der Waals surface area contributed by atoms with Crippen molar-refractivity contribution in [2.45, 2.75) is 38.3 Å². The largest absolute Gasteiger partial charge is 0.508 e. The summed E-state index contributed by atoms with van der Waals surface area (Å²) >= 11 is 0. The molecule has 20 heavy (non-hydrogen) atoms. The molecule has 0 radical (unpaired) electrons. The van der Waals surface area contributed by atoms with Gasteiger partial charge in [-0.1, -0.05) is 36.4 Å². The van der Waals surface area contributed by atoms with Gasteiger partial charge in [0.1, 0.15) is 5.75 Å². The Morgan fingerprint density at radius 1 is 1.15 bits per heavy atom. The van der Waals surface area contributed by atoms with Gasteiger partial charge in [-0.05, 0) is 55.0 Å². The van der Waals surface area contributed by atoms with E-state index in [-0.39, 0.29) is 0 Å². The maximum absolute atomic E-state index is 9.61. The zero-order valence-electron chi connectivity index (χ0n) is 11.8. The number of aromatic hydroxyl groups is 1. The minimum absolute atomic E-state index is 0.334. The third-order valence-electron chi connectivity index (χ3n) is 4.19. The van der Waals surface area contributed by atoms with Crippen molar-refractivity contribution in [1.29, 1.82) is 0 Å². The fourth-order valence-corrected chi connectivity index (χ4v) is 3.11. The predicted molar refractivity (Wildman–Crippen MR) is 81.8 cm³/mol. The molecule has 1 aliphatic carbocycles. The fraction of sp³-hybridized carbons (Fsp3) is 0.333. The van der Waals surface area contributed by atoms with Crippen LogP contribution in [-0.2, 0) is 6.42 Å². The van der Waals surface area contributed by atoms with E-state index in [4.69, 9.17) is 0 Å². The second kappa shape index (κ2) is 5.68. The van der Waals surface area contributed by atoms with Gasteiger partial charge in [0, 0.05) is 12.1 Å². The molecule has 2 nitrogen and oxygen atoms in total. The Bertz CT molecular complexity index is 579. The third kappa shape index (κ3) is 2.70. The van der Waals surface area contributed by atoms with E-state index in [0.29, 0.717) is 17.8 Å². The van der Waals surface area contributed by atoms with E-state index in [1.165, 1.54) is 23.1 Å². The van der Waals surface area contributed by atoms with Gasteiger partial charge in [-0.15, -0.1) is 0 Å². The highest BCUT2D eigenvalue weighted by Crippen LogP contribution is 2.33. The average Bonchev–Trinajstić information content (AvgIpc) is 2.48. The smallest absolute Gasteiger partial charge is 0.115 e. The average molecular weight is 267 g/mol. The lowest BCUT2D eigenvalue weighted by atomic mass is 9.87. The molecular weight excluding hydrogens is 246 g/mol. The summed E-state index contributed by atoms with van der Waals surface area (Å²) in [7, 11) is 0. The molecule has 104 valence electrons. The summed E-state index contributed by atoms with van der Waals surface area (Å²) in [6.07, 6.45) is 3.41. The van der Waals surface area contributed by atoms with E-state index < -0.39 is 0 Å². The molecular formula is C18H21NO. The molecule has 2 heteroatoms. The van der Waals surface area contributed by atoms with E-state index >= 15 is 0 Å². The first-order chi connectivity index (χ1) is 9.74. The molecule has 0 saturated carbocycles. The van der Waals surface area contributed by atoms with E-state index in [9.17, 15) is 5.11 Å². The Hall–Kier alpha value is -1.80. The van der Waals surface area contributed by atoms with Crippen LogP contribution in [0.2, 0.25) is 0 Å². The number of phenols is 1. The van der Waals surface area contributed by atoms with E-state index in [0.717, 1.165) is 12.8 Å². The van der Waals surface area contributed by atoms with Crippen LogP contribution in [0.3, 0.4) is 0 Å². The van der Waals surface area contributed by atoms with E-state index in [1.807, 2.05) is 6.07 Å². The van der Waals surface area contributed by atoms with Gasteiger partial charge in [0.05, 0.1) is 0 Å². The molecule has 2 N–H and O–H groups in total. The SMILES string of the molecule is C[C@H](NC1CCCc2cc(O)ccc21)c1ccccc1. The van der Waals surface area contributed by atoms with Gasteiger partial charge in [0.15, 0.2) is 0 Å². The minimum Gasteiger partial charge on any atom is -0.508 e. The monoisotopic (exact) mass is 267 g/mol. The predicted octanol–water partition coefficient (Wildman–Crippen LogP) is 4.12. The molecule has 3 rings (SSSR count). The number of fused-ring (bicyclic) bond motifs is 1. The summed E-state index contributed by atoms with van der Waals surface area (Å²) in [6, 6.07) is 17.0. The molecule has 0 heterocycles. The van der Waals surface area contributed by atoms with Gasteiger partial charge in [0.2, 0.25) is 0 Å². The number of phenolic OH excluding ortho intramolecular Hbond substituents is 1. The van der Waals surface area contributed by atoms with Crippen molar-refractivity contribution in [1.82, 2.24) is 5.32 Å².